The number of azide groups is 1. The molecule has 0 aromatic heterocycles. The number of benzene rings is 3. The molecule has 0 amide bonds. The molecule has 0 bridgehead atoms. The summed E-state index contributed by atoms with van der Waals surface area (Å²) < 4.78 is 10.6. The van der Waals surface area contributed by atoms with Crippen molar-refractivity contribution in [2.45, 2.75) is 5.54 Å². The van der Waals surface area contributed by atoms with Crippen molar-refractivity contribution >= 4 is 11.1 Å². The van der Waals surface area contributed by atoms with Crippen LogP contribution in [0, 0.1) is 0 Å². The van der Waals surface area contributed by atoms with E-state index < -0.39 is 5.54 Å². The first-order chi connectivity index (χ1) is 13.7. The monoisotopic (exact) mass is 369 g/mol. The fourth-order valence-electron chi connectivity index (χ4n) is 3.69. The fraction of sp³-hybridized carbons (Fsp3) is 0.130. The SMILES string of the molecule is COc1ccc(C2=C(c3ccccc3)C2(N=[N+]=[N-])c2ccc(OC)cc2)cc1. The summed E-state index contributed by atoms with van der Waals surface area (Å²) in [4.78, 5) is 3.20. The lowest BCUT2D eigenvalue weighted by atomic mass is 9.94. The molecule has 3 aromatic rings. The van der Waals surface area contributed by atoms with Crippen LogP contribution in [0.5, 0.6) is 11.5 Å². The Morgan fingerprint density at radius 1 is 0.714 bits per heavy atom. The zero-order valence-corrected chi connectivity index (χ0v) is 15.7. The Morgan fingerprint density at radius 2 is 1.21 bits per heavy atom. The highest BCUT2D eigenvalue weighted by atomic mass is 16.5. The van der Waals surface area contributed by atoms with Crippen molar-refractivity contribution < 1.29 is 9.47 Å². The standard InChI is InChI=1S/C23H19N3O2/c1-27-19-12-8-17(9-13-19)22-21(16-6-4-3-5-7-16)23(22,25-26-24)18-10-14-20(28-2)15-11-18/h3-15H,1-2H3. The van der Waals surface area contributed by atoms with Gasteiger partial charge in [0.15, 0.2) is 0 Å². The molecule has 1 aliphatic rings. The summed E-state index contributed by atoms with van der Waals surface area (Å²) in [5, 5.41) is 4.29. The maximum atomic E-state index is 9.40. The van der Waals surface area contributed by atoms with E-state index in [9.17, 15) is 5.53 Å². The zero-order valence-electron chi connectivity index (χ0n) is 15.7. The van der Waals surface area contributed by atoms with E-state index in [1.54, 1.807) is 14.2 Å². The summed E-state index contributed by atoms with van der Waals surface area (Å²) in [6.07, 6.45) is 0. The molecule has 5 nitrogen and oxygen atoms in total. The van der Waals surface area contributed by atoms with Gasteiger partial charge in [-0.05, 0) is 57.6 Å². The predicted octanol–water partition coefficient (Wildman–Crippen LogP) is 5.83. The molecule has 1 atom stereocenters. The minimum Gasteiger partial charge on any atom is -0.497 e. The van der Waals surface area contributed by atoms with Gasteiger partial charge < -0.3 is 9.47 Å². The number of rotatable bonds is 6. The van der Waals surface area contributed by atoms with Gasteiger partial charge in [-0.3, -0.25) is 0 Å². The Labute approximate surface area is 163 Å². The molecule has 1 unspecified atom stereocenters. The van der Waals surface area contributed by atoms with Crippen molar-refractivity contribution in [3.63, 3.8) is 0 Å². The van der Waals surface area contributed by atoms with Gasteiger partial charge in [0.1, 0.15) is 17.0 Å². The van der Waals surface area contributed by atoms with Gasteiger partial charge in [0.05, 0.1) is 14.2 Å². The maximum Gasteiger partial charge on any atom is 0.126 e. The zero-order chi connectivity index (χ0) is 19.6. The van der Waals surface area contributed by atoms with Crippen LogP contribution in [0.3, 0.4) is 0 Å². The molecule has 0 fully saturated rings. The van der Waals surface area contributed by atoms with E-state index in [0.717, 1.165) is 39.3 Å². The normalized spacial score (nSPS) is 17.6. The minimum atomic E-state index is -0.836. The molecule has 4 rings (SSSR count). The van der Waals surface area contributed by atoms with Crippen LogP contribution >= 0.6 is 0 Å². The fourth-order valence-corrected chi connectivity index (χ4v) is 3.69. The van der Waals surface area contributed by atoms with E-state index in [4.69, 9.17) is 9.47 Å². The van der Waals surface area contributed by atoms with Gasteiger partial charge in [-0.15, -0.1) is 0 Å². The average molecular weight is 369 g/mol. The van der Waals surface area contributed by atoms with Crippen LogP contribution in [0.25, 0.3) is 21.6 Å². The molecule has 0 saturated carbocycles. The summed E-state index contributed by atoms with van der Waals surface area (Å²) in [7, 11) is 3.27. The van der Waals surface area contributed by atoms with Crippen molar-refractivity contribution in [1.29, 1.82) is 0 Å². The summed E-state index contributed by atoms with van der Waals surface area (Å²) in [6, 6.07) is 25.5. The van der Waals surface area contributed by atoms with Crippen LogP contribution in [0.4, 0.5) is 0 Å². The van der Waals surface area contributed by atoms with E-state index >= 15 is 0 Å². The molecule has 5 heteroatoms. The topological polar surface area (TPSA) is 67.2 Å². The third kappa shape index (κ3) is 2.79. The Kier molecular flexibility index (Phi) is 4.52. The highest BCUT2D eigenvalue weighted by molar-refractivity contribution is 6.18. The van der Waals surface area contributed by atoms with Crippen LogP contribution in [-0.2, 0) is 5.54 Å². The third-order valence-corrected chi connectivity index (χ3v) is 5.05. The van der Waals surface area contributed by atoms with Crippen molar-refractivity contribution in [3.05, 3.63) is 106 Å². The number of hydrogen-bond acceptors (Lipinski definition) is 3. The highest BCUT2D eigenvalue weighted by Gasteiger charge is 2.55. The lowest BCUT2D eigenvalue weighted by Crippen LogP contribution is -2.09. The Hall–Kier alpha value is -3.69. The lowest BCUT2D eigenvalue weighted by molar-refractivity contribution is 0.414. The lowest BCUT2D eigenvalue weighted by Gasteiger charge is -2.16. The molecule has 0 saturated heterocycles. The largest absolute Gasteiger partial charge is 0.497 e. The summed E-state index contributed by atoms with van der Waals surface area (Å²) in [5.41, 5.74) is 13.5. The van der Waals surface area contributed by atoms with Gasteiger partial charge in [0.25, 0.3) is 0 Å². The van der Waals surface area contributed by atoms with Gasteiger partial charge in [-0.1, -0.05) is 59.7 Å². The minimum absolute atomic E-state index is 0.757. The molecule has 1 aliphatic carbocycles. The molecule has 0 spiro atoms. The van der Waals surface area contributed by atoms with E-state index in [1.165, 1.54) is 0 Å². The Balaban J connectivity index is 1.89. The van der Waals surface area contributed by atoms with Crippen LogP contribution in [0.2, 0.25) is 0 Å². The molecule has 0 heterocycles. The molecule has 0 aliphatic heterocycles. The van der Waals surface area contributed by atoms with Crippen molar-refractivity contribution in [1.82, 2.24) is 0 Å². The van der Waals surface area contributed by atoms with Gasteiger partial charge in [-0.25, -0.2) is 0 Å². The molecule has 0 N–H and O–H groups in total. The van der Waals surface area contributed by atoms with Crippen LogP contribution in [0.15, 0.2) is 84.0 Å². The van der Waals surface area contributed by atoms with Crippen LogP contribution in [-0.4, -0.2) is 14.2 Å². The molecular weight excluding hydrogens is 350 g/mol. The van der Waals surface area contributed by atoms with Crippen molar-refractivity contribution in [2.75, 3.05) is 14.2 Å². The summed E-state index contributed by atoms with van der Waals surface area (Å²) >= 11 is 0. The Morgan fingerprint density at radius 3 is 1.71 bits per heavy atom. The molecule has 28 heavy (non-hydrogen) atoms. The smallest absolute Gasteiger partial charge is 0.126 e. The quantitative estimate of drug-likeness (QED) is 0.311. The average Bonchev–Trinajstić information content (AvgIpc) is 3.44. The predicted molar refractivity (Wildman–Crippen MR) is 110 cm³/mol. The second kappa shape index (κ2) is 7.14. The third-order valence-electron chi connectivity index (χ3n) is 5.05. The van der Waals surface area contributed by atoms with Gasteiger partial charge >= 0.3 is 0 Å². The van der Waals surface area contributed by atoms with Crippen LogP contribution < -0.4 is 9.47 Å². The number of methoxy groups -OCH3 is 2. The highest BCUT2D eigenvalue weighted by Crippen LogP contribution is 2.65. The van der Waals surface area contributed by atoms with Gasteiger partial charge in [0, 0.05) is 4.91 Å². The second-order valence-electron chi connectivity index (χ2n) is 6.47. The number of hydrogen-bond donors (Lipinski definition) is 0. The molecule has 138 valence electrons. The number of ether oxygens (including phenoxy) is 2. The maximum absolute atomic E-state index is 9.40. The Bertz CT molecular complexity index is 1070. The first-order valence-corrected chi connectivity index (χ1v) is 8.90. The van der Waals surface area contributed by atoms with Crippen LogP contribution in [0.1, 0.15) is 16.7 Å². The van der Waals surface area contributed by atoms with Crippen molar-refractivity contribution in [3.8, 4) is 11.5 Å². The van der Waals surface area contributed by atoms with E-state index in [2.05, 4.69) is 10.0 Å². The molecule has 0 radical (unpaired) electrons. The van der Waals surface area contributed by atoms with Crippen molar-refractivity contribution in [2.24, 2.45) is 5.11 Å². The van der Waals surface area contributed by atoms with E-state index in [0.29, 0.717) is 0 Å². The van der Waals surface area contributed by atoms with Gasteiger partial charge in [-0.2, -0.15) is 0 Å². The molecular formula is C23H19N3O2. The first-order valence-electron chi connectivity index (χ1n) is 8.90. The van der Waals surface area contributed by atoms with Gasteiger partial charge in [0.2, 0.25) is 0 Å². The summed E-state index contributed by atoms with van der Waals surface area (Å²) in [6.45, 7) is 0. The number of nitrogens with zero attached hydrogens (tertiary/aromatic N) is 3. The van der Waals surface area contributed by atoms with E-state index in [1.807, 2.05) is 78.9 Å². The molecule has 3 aromatic carbocycles. The van der Waals surface area contributed by atoms with E-state index in [-0.39, 0.29) is 0 Å². The first kappa shape index (κ1) is 17.7. The summed E-state index contributed by atoms with van der Waals surface area (Å²) in [5.74, 6) is 1.54. The second-order valence-corrected chi connectivity index (χ2v) is 6.47.